The molecule has 1 aliphatic carbocycles. The van der Waals surface area contributed by atoms with Crippen LogP contribution in [-0.4, -0.2) is 18.1 Å². The van der Waals surface area contributed by atoms with E-state index >= 15 is 0 Å². The summed E-state index contributed by atoms with van der Waals surface area (Å²) in [5.41, 5.74) is 1.46. The first-order valence-corrected chi connectivity index (χ1v) is 7.08. The van der Waals surface area contributed by atoms with E-state index in [1.165, 1.54) is 12.8 Å². The van der Waals surface area contributed by atoms with E-state index in [2.05, 4.69) is 11.4 Å². The van der Waals surface area contributed by atoms with Crippen LogP contribution in [0.4, 0.5) is 0 Å². The molecular formula is C16H20N2O2. The molecule has 1 aromatic carbocycles. The lowest BCUT2D eigenvalue weighted by molar-refractivity contribution is -0.127. The summed E-state index contributed by atoms with van der Waals surface area (Å²) >= 11 is 0. The van der Waals surface area contributed by atoms with Gasteiger partial charge in [0.2, 0.25) is 0 Å². The van der Waals surface area contributed by atoms with Crippen molar-refractivity contribution in [2.75, 3.05) is 0 Å². The first kappa shape index (κ1) is 14.4. The van der Waals surface area contributed by atoms with Gasteiger partial charge in [-0.25, -0.2) is 0 Å². The van der Waals surface area contributed by atoms with Gasteiger partial charge in [0.25, 0.3) is 5.91 Å². The van der Waals surface area contributed by atoms with Gasteiger partial charge in [0, 0.05) is 6.04 Å². The number of nitriles is 1. The highest BCUT2D eigenvalue weighted by Gasteiger charge is 2.22. The molecule has 0 aliphatic heterocycles. The van der Waals surface area contributed by atoms with Crippen LogP contribution in [-0.2, 0) is 4.79 Å². The summed E-state index contributed by atoms with van der Waals surface area (Å²) in [5, 5.41) is 11.9. The molecule has 1 saturated carbocycles. The van der Waals surface area contributed by atoms with E-state index in [0.717, 1.165) is 18.4 Å². The summed E-state index contributed by atoms with van der Waals surface area (Å²) in [6, 6.07) is 7.61. The van der Waals surface area contributed by atoms with Crippen LogP contribution in [0.25, 0.3) is 0 Å². The number of nitrogens with one attached hydrogen (secondary N) is 1. The van der Waals surface area contributed by atoms with Crippen molar-refractivity contribution in [3.05, 3.63) is 29.3 Å². The molecule has 0 heterocycles. The number of aryl methyl sites for hydroxylation is 1. The van der Waals surface area contributed by atoms with Crippen LogP contribution in [0, 0.1) is 18.3 Å². The zero-order chi connectivity index (χ0) is 14.5. The standard InChI is InChI=1S/C16H20N2O2/c1-11-7-8-13(10-17)9-15(11)20-12(2)16(19)18-14-5-3-4-6-14/h7-9,12,14H,3-6H2,1-2H3,(H,18,19). The highest BCUT2D eigenvalue weighted by Crippen LogP contribution is 2.21. The number of carbonyl (C=O) groups is 1. The Kier molecular flexibility index (Phi) is 4.62. The lowest BCUT2D eigenvalue weighted by Gasteiger charge is -2.19. The van der Waals surface area contributed by atoms with E-state index in [1.807, 2.05) is 13.0 Å². The van der Waals surface area contributed by atoms with Crippen LogP contribution < -0.4 is 10.1 Å². The van der Waals surface area contributed by atoms with E-state index < -0.39 is 6.10 Å². The minimum absolute atomic E-state index is 0.0846. The Morgan fingerprint density at radius 1 is 1.45 bits per heavy atom. The molecule has 1 aromatic rings. The van der Waals surface area contributed by atoms with Gasteiger partial charge in [0.1, 0.15) is 5.75 Å². The molecular weight excluding hydrogens is 252 g/mol. The van der Waals surface area contributed by atoms with E-state index in [0.29, 0.717) is 17.4 Å². The van der Waals surface area contributed by atoms with Crippen LogP contribution in [0.15, 0.2) is 18.2 Å². The van der Waals surface area contributed by atoms with Crippen LogP contribution in [0.2, 0.25) is 0 Å². The van der Waals surface area contributed by atoms with E-state index in [9.17, 15) is 4.79 Å². The molecule has 0 aromatic heterocycles. The minimum Gasteiger partial charge on any atom is -0.481 e. The Morgan fingerprint density at radius 3 is 2.80 bits per heavy atom. The molecule has 0 spiro atoms. The third kappa shape index (κ3) is 3.51. The Morgan fingerprint density at radius 2 is 2.15 bits per heavy atom. The predicted octanol–water partition coefficient (Wildman–Crippen LogP) is 2.69. The Bertz CT molecular complexity index is 528. The van der Waals surface area contributed by atoms with Gasteiger partial charge in [-0.05, 0) is 44.4 Å². The average Bonchev–Trinajstić information content (AvgIpc) is 2.94. The summed E-state index contributed by atoms with van der Waals surface area (Å²) in [5.74, 6) is 0.511. The first-order chi connectivity index (χ1) is 9.60. The van der Waals surface area contributed by atoms with E-state index in [-0.39, 0.29) is 5.91 Å². The third-order valence-corrected chi connectivity index (χ3v) is 3.69. The fraction of sp³-hybridized carbons (Fsp3) is 0.500. The molecule has 106 valence electrons. The minimum atomic E-state index is -0.553. The highest BCUT2D eigenvalue weighted by atomic mass is 16.5. The van der Waals surface area contributed by atoms with Gasteiger partial charge in [-0.1, -0.05) is 18.9 Å². The number of rotatable bonds is 4. The summed E-state index contributed by atoms with van der Waals surface area (Å²) < 4.78 is 5.70. The number of hydrogen-bond acceptors (Lipinski definition) is 3. The van der Waals surface area contributed by atoms with Crippen LogP contribution in [0.1, 0.15) is 43.7 Å². The van der Waals surface area contributed by atoms with Crippen molar-refractivity contribution < 1.29 is 9.53 Å². The van der Waals surface area contributed by atoms with Crippen molar-refractivity contribution in [1.29, 1.82) is 5.26 Å². The molecule has 4 heteroatoms. The van der Waals surface area contributed by atoms with Crippen LogP contribution in [0.3, 0.4) is 0 Å². The molecule has 4 nitrogen and oxygen atoms in total. The van der Waals surface area contributed by atoms with Crippen molar-refractivity contribution in [1.82, 2.24) is 5.32 Å². The molecule has 1 fully saturated rings. The largest absolute Gasteiger partial charge is 0.481 e. The number of amides is 1. The zero-order valence-corrected chi connectivity index (χ0v) is 12.0. The normalized spacial score (nSPS) is 16.4. The average molecular weight is 272 g/mol. The Balaban J connectivity index is 1.98. The molecule has 1 N–H and O–H groups in total. The molecule has 0 saturated heterocycles. The number of carbonyl (C=O) groups excluding carboxylic acids is 1. The maximum atomic E-state index is 12.1. The SMILES string of the molecule is Cc1ccc(C#N)cc1OC(C)C(=O)NC1CCCC1. The third-order valence-electron chi connectivity index (χ3n) is 3.69. The lowest BCUT2D eigenvalue weighted by atomic mass is 10.1. The second-order valence-electron chi connectivity index (χ2n) is 5.34. The highest BCUT2D eigenvalue weighted by molar-refractivity contribution is 5.81. The van der Waals surface area contributed by atoms with Crippen molar-refractivity contribution in [3.8, 4) is 11.8 Å². The second kappa shape index (κ2) is 6.42. The van der Waals surface area contributed by atoms with Gasteiger partial charge < -0.3 is 10.1 Å². The van der Waals surface area contributed by atoms with Crippen molar-refractivity contribution in [2.24, 2.45) is 0 Å². The van der Waals surface area contributed by atoms with E-state index in [1.54, 1.807) is 19.1 Å². The van der Waals surface area contributed by atoms with Gasteiger partial charge in [-0.15, -0.1) is 0 Å². The quantitative estimate of drug-likeness (QED) is 0.916. The topological polar surface area (TPSA) is 62.1 Å². The van der Waals surface area contributed by atoms with E-state index in [4.69, 9.17) is 10.00 Å². The second-order valence-corrected chi connectivity index (χ2v) is 5.34. The molecule has 1 aliphatic rings. The molecule has 0 radical (unpaired) electrons. The molecule has 2 rings (SSSR count). The number of hydrogen-bond donors (Lipinski definition) is 1. The summed E-state index contributed by atoms with van der Waals surface area (Å²) in [6.07, 6.45) is 3.93. The molecule has 1 unspecified atom stereocenters. The van der Waals surface area contributed by atoms with Crippen molar-refractivity contribution in [2.45, 2.75) is 51.7 Å². The fourth-order valence-electron chi connectivity index (χ4n) is 2.43. The number of benzene rings is 1. The maximum Gasteiger partial charge on any atom is 0.260 e. The molecule has 1 amide bonds. The van der Waals surface area contributed by atoms with Crippen molar-refractivity contribution >= 4 is 5.91 Å². The molecule has 1 atom stereocenters. The Labute approximate surface area is 119 Å². The molecule has 0 bridgehead atoms. The van der Waals surface area contributed by atoms with Gasteiger partial charge >= 0.3 is 0 Å². The summed E-state index contributed by atoms with van der Waals surface area (Å²) in [4.78, 5) is 12.1. The van der Waals surface area contributed by atoms with Gasteiger partial charge in [0.05, 0.1) is 11.6 Å². The Hall–Kier alpha value is -2.02. The lowest BCUT2D eigenvalue weighted by Crippen LogP contribution is -2.41. The first-order valence-electron chi connectivity index (χ1n) is 7.08. The summed E-state index contributed by atoms with van der Waals surface area (Å²) in [6.45, 7) is 3.64. The number of nitrogens with zero attached hydrogens (tertiary/aromatic N) is 1. The maximum absolute atomic E-state index is 12.1. The number of ether oxygens (including phenoxy) is 1. The fourth-order valence-corrected chi connectivity index (χ4v) is 2.43. The zero-order valence-electron chi connectivity index (χ0n) is 12.0. The van der Waals surface area contributed by atoms with Gasteiger partial charge in [-0.2, -0.15) is 5.26 Å². The smallest absolute Gasteiger partial charge is 0.260 e. The summed E-state index contributed by atoms with van der Waals surface area (Å²) in [7, 11) is 0. The predicted molar refractivity (Wildman–Crippen MR) is 76.4 cm³/mol. The molecule has 20 heavy (non-hydrogen) atoms. The van der Waals surface area contributed by atoms with Crippen LogP contribution >= 0.6 is 0 Å². The monoisotopic (exact) mass is 272 g/mol. The van der Waals surface area contributed by atoms with Crippen LogP contribution in [0.5, 0.6) is 5.75 Å². The van der Waals surface area contributed by atoms with Gasteiger partial charge in [0.15, 0.2) is 6.10 Å². The van der Waals surface area contributed by atoms with Gasteiger partial charge in [-0.3, -0.25) is 4.79 Å². The van der Waals surface area contributed by atoms with Crippen molar-refractivity contribution in [3.63, 3.8) is 0 Å².